The SMILES string of the molecule is C[C@H]1OCCc2cc(S)ccc21. The Morgan fingerprint density at radius 3 is 3.17 bits per heavy atom. The predicted octanol–water partition coefficient (Wildman–Crippen LogP) is 2.61. The Hall–Kier alpha value is -0.470. The van der Waals surface area contributed by atoms with Crippen molar-refractivity contribution in [2.45, 2.75) is 24.3 Å². The highest BCUT2D eigenvalue weighted by Crippen LogP contribution is 2.27. The molecule has 1 aliphatic rings. The summed E-state index contributed by atoms with van der Waals surface area (Å²) in [5.41, 5.74) is 2.71. The van der Waals surface area contributed by atoms with E-state index in [2.05, 4.69) is 31.7 Å². The molecular weight excluding hydrogens is 168 g/mol. The fourth-order valence-electron chi connectivity index (χ4n) is 1.64. The van der Waals surface area contributed by atoms with Crippen molar-refractivity contribution in [1.82, 2.24) is 0 Å². The maximum atomic E-state index is 5.52. The third-order valence-corrected chi connectivity index (χ3v) is 2.58. The fourth-order valence-corrected chi connectivity index (χ4v) is 1.87. The summed E-state index contributed by atoms with van der Waals surface area (Å²) < 4.78 is 5.52. The second kappa shape index (κ2) is 3.11. The van der Waals surface area contributed by atoms with E-state index in [4.69, 9.17) is 4.74 Å². The molecule has 2 heteroatoms. The van der Waals surface area contributed by atoms with Crippen LogP contribution in [-0.4, -0.2) is 6.61 Å². The summed E-state index contributed by atoms with van der Waals surface area (Å²) in [6.07, 6.45) is 1.27. The maximum absolute atomic E-state index is 5.52. The molecule has 1 aromatic rings. The zero-order chi connectivity index (χ0) is 8.55. The number of benzene rings is 1. The van der Waals surface area contributed by atoms with Crippen LogP contribution in [0, 0.1) is 0 Å². The van der Waals surface area contributed by atoms with E-state index in [1.807, 2.05) is 6.07 Å². The average molecular weight is 180 g/mol. The van der Waals surface area contributed by atoms with Crippen molar-refractivity contribution < 1.29 is 4.74 Å². The first-order chi connectivity index (χ1) is 5.77. The largest absolute Gasteiger partial charge is 0.373 e. The van der Waals surface area contributed by atoms with Gasteiger partial charge in [0.25, 0.3) is 0 Å². The molecule has 0 aromatic heterocycles. The van der Waals surface area contributed by atoms with Crippen LogP contribution in [0.2, 0.25) is 0 Å². The minimum Gasteiger partial charge on any atom is -0.373 e. The lowest BCUT2D eigenvalue weighted by molar-refractivity contribution is 0.0554. The molecule has 1 heterocycles. The molecule has 0 fully saturated rings. The molecule has 0 bridgehead atoms. The summed E-state index contributed by atoms with van der Waals surface area (Å²) in [6.45, 7) is 2.93. The first-order valence-corrected chi connectivity index (χ1v) is 4.65. The molecular formula is C10H12OS. The normalized spacial score (nSPS) is 22.0. The number of hydrogen-bond acceptors (Lipinski definition) is 2. The third-order valence-electron chi connectivity index (χ3n) is 2.30. The monoisotopic (exact) mass is 180 g/mol. The standard InChI is InChI=1S/C10H12OS/c1-7-10-3-2-9(12)6-8(10)4-5-11-7/h2-3,6-7,12H,4-5H2,1H3/t7-/m1/s1. The lowest BCUT2D eigenvalue weighted by Crippen LogP contribution is -2.13. The van der Waals surface area contributed by atoms with Gasteiger partial charge in [0.05, 0.1) is 12.7 Å². The average Bonchev–Trinajstić information content (AvgIpc) is 2.04. The van der Waals surface area contributed by atoms with Crippen LogP contribution >= 0.6 is 12.6 Å². The van der Waals surface area contributed by atoms with E-state index < -0.39 is 0 Å². The smallest absolute Gasteiger partial charge is 0.0799 e. The van der Waals surface area contributed by atoms with E-state index in [0.29, 0.717) is 0 Å². The van der Waals surface area contributed by atoms with Gasteiger partial charge in [-0.25, -0.2) is 0 Å². The summed E-state index contributed by atoms with van der Waals surface area (Å²) in [4.78, 5) is 1.04. The molecule has 1 nitrogen and oxygen atoms in total. The van der Waals surface area contributed by atoms with Crippen LogP contribution in [0.15, 0.2) is 23.1 Å². The first kappa shape index (κ1) is 8.14. The molecule has 64 valence electrons. The Morgan fingerprint density at radius 1 is 1.50 bits per heavy atom. The summed E-state index contributed by atoms with van der Waals surface area (Å²) in [5.74, 6) is 0. The molecule has 0 saturated heterocycles. The summed E-state index contributed by atoms with van der Waals surface area (Å²) >= 11 is 4.31. The summed E-state index contributed by atoms with van der Waals surface area (Å²) in [5, 5.41) is 0. The van der Waals surface area contributed by atoms with Crippen LogP contribution < -0.4 is 0 Å². The number of fused-ring (bicyclic) bond motifs is 1. The Balaban J connectivity index is 2.46. The molecule has 12 heavy (non-hydrogen) atoms. The molecule has 0 saturated carbocycles. The van der Waals surface area contributed by atoms with Gasteiger partial charge in [-0.1, -0.05) is 6.07 Å². The van der Waals surface area contributed by atoms with Crippen molar-refractivity contribution >= 4 is 12.6 Å². The van der Waals surface area contributed by atoms with Gasteiger partial charge in [0, 0.05) is 4.90 Å². The van der Waals surface area contributed by atoms with E-state index in [1.54, 1.807) is 0 Å². The molecule has 1 aliphatic heterocycles. The molecule has 0 amide bonds. The Morgan fingerprint density at radius 2 is 2.33 bits per heavy atom. The van der Waals surface area contributed by atoms with Crippen LogP contribution in [0.1, 0.15) is 24.2 Å². The molecule has 0 N–H and O–H groups in total. The molecule has 2 rings (SSSR count). The van der Waals surface area contributed by atoms with Crippen molar-refractivity contribution in [2.75, 3.05) is 6.61 Å². The molecule has 0 unspecified atom stereocenters. The van der Waals surface area contributed by atoms with Crippen molar-refractivity contribution in [3.63, 3.8) is 0 Å². The van der Waals surface area contributed by atoms with E-state index in [0.717, 1.165) is 17.9 Å². The van der Waals surface area contributed by atoms with Crippen LogP contribution in [0.4, 0.5) is 0 Å². The Labute approximate surface area is 78.2 Å². The van der Waals surface area contributed by atoms with Crippen molar-refractivity contribution in [1.29, 1.82) is 0 Å². The fraction of sp³-hybridized carbons (Fsp3) is 0.400. The second-order valence-corrected chi connectivity index (χ2v) is 3.66. The summed E-state index contributed by atoms with van der Waals surface area (Å²) in [7, 11) is 0. The first-order valence-electron chi connectivity index (χ1n) is 4.21. The van der Waals surface area contributed by atoms with Gasteiger partial charge in [-0.05, 0) is 36.6 Å². The molecule has 0 aliphatic carbocycles. The van der Waals surface area contributed by atoms with Crippen LogP contribution in [0.25, 0.3) is 0 Å². The molecule has 1 aromatic carbocycles. The van der Waals surface area contributed by atoms with Gasteiger partial charge in [-0.3, -0.25) is 0 Å². The van der Waals surface area contributed by atoms with Crippen molar-refractivity contribution in [2.24, 2.45) is 0 Å². The highest BCUT2D eigenvalue weighted by Gasteiger charge is 2.15. The summed E-state index contributed by atoms with van der Waals surface area (Å²) in [6, 6.07) is 6.27. The van der Waals surface area contributed by atoms with Crippen LogP contribution in [0.5, 0.6) is 0 Å². The van der Waals surface area contributed by atoms with Gasteiger partial charge in [-0.15, -0.1) is 12.6 Å². The number of thiol groups is 1. The van der Waals surface area contributed by atoms with Gasteiger partial charge >= 0.3 is 0 Å². The maximum Gasteiger partial charge on any atom is 0.0799 e. The zero-order valence-corrected chi connectivity index (χ0v) is 7.97. The molecule has 0 spiro atoms. The van der Waals surface area contributed by atoms with E-state index >= 15 is 0 Å². The van der Waals surface area contributed by atoms with Crippen molar-refractivity contribution in [3.8, 4) is 0 Å². The highest BCUT2D eigenvalue weighted by molar-refractivity contribution is 7.80. The minimum atomic E-state index is 0.252. The lowest BCUT2D eigenvalue weighted by atomic mass is 9.99. The second-order valence-electron chi connectivity index (χ2n) is 3.15. The highest BCUT2D eigenvalue weighted by atomic mass is 32.1. The van der Waals surface area contributed by atoms with Crippen LogP contribution in [-0.2, 0) is 11.2 Å². The Bertz CT molecular complexity index is 296. The minimum absolute atomic E-state index is 0.252. The number of ether oxygens (including phenoxy) is 1. The number of rotatable bonds is 0. The van der Waals surface area contributed by atoms with Gasteiger partial charge < -0.3 is 4.74 Å². The number of hydrogen-bond donors (Lipinski definition) is 1. The van der Waals surface area contributed by atoms with Crippen molar-refractivity contribution in [3.05, 3.63) is 29.3 Å². The van der Waals surface area contributed by atoms with Gasteiger partial charge in [0.2, 0.25) is 0 Å². The van der Waals surface area contributed by atoms with E-state index in [-0.39, 0.29) is 6.10 Å². The van der Waals surface area contributed by atoms with Gasteiger partial charge in [0.1, 0.15) is 0 Å². The van der Waals surface area contributed by atoms with Gasteiger partial charge in [-0.2, -0.15) is 0 Å². The molecule has 1 atom stereocenters. The third kappa shape index (κ3) is 1.37. The molecule has 0 radical (unpaired) electrons. The lowest BCUT2D eigenvalue weighted by Gasteiger charge is -2.22. The van der Waals surface area contributed by atoms with E-state index in [9.17, 15) is 0 Å². The Kier molecular flexibility index (Phi) is 2.11. The van der Waals surface area contributed by atoms with E-state index in [1.165, 1.54) is 11.1 Å². The van der Waals surface area contributed by atoms with Crippen LogP contribution in [0.3, 0.4) is 0 Å². The zero-order valence-electron chi connectivity index (χ0n) is 7.08. The topological polar surface area (TPSA) is 9.23 Å². The quantitative estimate of drug-likeness (QED) is 0.604. The van der Waals surface area contributed by atoms with Gasteiger partial charge in [0.15, 0.2) is 0 Å². The predicted molar refractivity (Wildman–Crippen MR) is 51.8 cm³/mol.